The van der Waals surface area contributed by atoms with E-state index in [-0.39, 0.29) is 11.7 Å². The van der Waals surface area contributed by atoms with Gasteiger partial charge in [-0.3, -0.25) is 9.79 Å². The van der Waals surface area contributed by atoms with Crippen LogP contribution in [0.1, 0.15) is 24.3 Å². The number of nitrogens with zero attached hydrogens (tertiary/aromatic N) is 1. The Hall–Kier alpha value is -2.39. The minimum absolute atomic E-state index is 0.134. The molecule has 0 aromatic heterocycles. The number of para-hydroxylation sites is 2. The van der Waals surface area contributed by atoms with Gasteiger partial charge < -0.3 is 5.32 Å². The largest absolute Gasteiger partial charge is 0.356 e. The molecule has 1 unspecified atom stereocenters. The number of Topliss-reactive ketones (excluding diaryl/α,β-unsaturated/α-hetero) is 1. The number of nitrogens with one attached hydrogen (secondary N) is 1. The van der Waals surface area contributed by atoms with Gasteiger partial charge in [0.15, 0.2) is 5.78 Å². The van der Waals surface area contributed by atoms with E-state index in [2.05, 4.69) is 10.3 Å². The van der Waals surface area contributed by atoms with Gasteiger partial charge in [-0.1, -0.05) is 35.9 Å². The van der Waals surface area contributed by atoms with Crippen LogP contribution in [0.15, 0.2) is 64.8 Å². The summed E-state index contributed by atoms with van der Waals surface area (Å²) in [5.41, 5.74) is 4.60. The van der Waals surface area contributed by atoms with E-state index in [1.165, 1.54) is 0 Å². The van der Waals surface area contributed by atoms with E-state index in [0.717, 1.165) is 29.1 Å². The van der Waals surface area contributed by atoms with Crippen LogP contribution < -0.4 is 5.32 Å². The summed E-state index contributed by atoms with van der Waals surface area (Å²) in [6.07, 6.45) is 3.00. The highest BCUT2D eigenvalue weighted by Gasteiger charge is 2.29. The first-order valence-electron chi connectivity index (χ1n) is 7.62. The molecule has 0 amide bonds. The molecule has 23 heavy (non-hydrogen) atoms. The number of carbonyl (C=O) groups is 1. The standard InChI is InChI=1S/C19H15ClN2O/c20-14-7-5-12(6-8-14)13-9-18-15(19(23)10-13)11-21-16-3-1-2-4-17(16)22-18/h1-8,11,13,22H,9-10H2. The molecule has 4 heteroatoms. The summed E-state index contributed by atoms with van der Waals surface area (Å²) in [6.45, 7) is 0. The summed E-state index contributed by atoms with van der Waals surface area (Å²) in [5, 5.41) is 4.12. The number of carbonyl (C=O) groups excluding carboxylic acids is 1. The van der Waals surface area contributed by atoms with Crippen molar-refractivity contribution in [2.45, 2.75) is 18.8 Å². The third-order valence-corrected chi connectivity index (χ3v) is 4.62. The smallest absolute Gasteiger partial charge is 0.166 e. The van der Waals surface area contributed by atoms with Crippen LogP contribution in [0, 0.1) is 0 Å². The number of benzene rings is 2. The van der Waals surface area contributed by atoms with Crippen molar-refractivity contribution in [2.75, 3.05) is 5.32 Å². The maximum Gasteiger partial charge on any atom is 0.166 e. The van der Waals surface area contributed by atoms with E-state index < -0.39 is 0 Å². The lowest BCUT2D eigenvalue weighted by atomic mass is 9.82. The Bertz CT molecular complexity index is 837. The molecule has 3 nitrogen and oxygen atoms in total. The van der Waals surface area contributed by atoms with Crippen LogP contribution in [-0.4, -0.2) is 12.0 Å². The minimum Gasteiger partial charge on any atom is -0.356 e. The monoisotopic (exact) mass is 322 g/mol. The Kier molecular flexibility index (Phi) is 3.50. The normalized spacial score (nSPS) is 19.7. The number of halogens is 1. The number of rotatable bonds is 1. The molecule has 2 aromatic carbocycles. The van der Waals surface area contributed by atoms with Gasteiger partial charge >= 0.3 is 0 Å². The number of anilines is 1. The summed E-state index contributed by atoms with van der Waals surface area (Å²) in [5.74, 6) is 0.305. The first-order chi connectivity index (χ1) is 11.2. The van der Waals surface area contributed by atoms with E-state index in [1.54, 1.807) is 6.21 Å². The van der Waals surface area contributed by atoms with E-state index in [0.29, 0.717) is 17.0 Å². The Balaban J connectivity index is 1.69. The predicted molar refractivity (Wildman–Crippen MR) is 93.7 cm³/mol. The molecule has 1 N–H and O–H groups in total. The van der Waals surface area contributed by atoms with Crippen molar-refractivity contribution in [3.05, 3.63) is 70.4 Å². The van der Waals surface area contributed by atoms with Crippen LogP contribution in [0.4, 0.5) is 11.4 Å². The number of hydrogen-bond donors (Lipinski definition) is 1. The zero-order chi connectivity index (χ0) is 15.8. The molecule has 0 saturated heterocycles. The summed E-state index contributed by atoms with van der Waals surface area (Å²) >= 11 is 5.96. The highest BCUT2D eigenvalue weighted by molar-refractivity contribution is 6.30. The van der Waals surface area contributed by atoms with Gasteiger partial charge in [0.05, 0.1) is 16.9 Å². The summed E-state index contributed by atoms with van der Waals surface area (Å²) in [4.78, 5) is 17.0. The minimum atomic E-state index is 0.134. The lowest BCUT2D eigenvalue weighted by Gasteiger charge is -2.25. The van der Waals surface area contributed by atoms with E-state index in [4.69, 9.17) is 11.6 Å². The lowest BCUT2D eigenvalue weighted by Crippen LogP contribution is -2.22. The highest BCUT2D eigenvalue weighted by Crippen LogP contribution is 2.38. The summed E-state index contributed by atoms with van der Waals surface area (Å²) in [7, 11) is 0. The van der Waals surface area contributed by atoms with Gasteiger partial charge in [-0.2, -0.15) is 0 Å². The molecule has 1 heterocycles. The molecule has 0 spiro atoms. The zero-order valence-electron chi connectivity index (χ0n) is 12.4. The number of hydrogen-bond acceptors (Lipinski definition) is 3. The van der Waals surface area contributed by atoms with Crippen LogP contribution in [0.25, 0.3) is 0 Å². The van der Waals surface area contributed by atoms with Crippen molar-refractivity contribution in [3.8, 4) is 0 Å². The molecule has 0 bridgehead atoms. The van der Waals surface area contributed by atoms with Gasteiger partial charge in [0.1, 0.15) is 0 Å². The maximum absolute atomic E-state index is 12.6. The highest BCUT2D eigenvalue weighted by atomic mass is 35.5. The molecule has 1 aliphatic heterocycles. The van der Waals surface area contributed by atoms with Crippen molar-refractivity contribution < 1.29 is 4.79 Å². The fourth-order valence-corrected chi connectivity index (χ4v) is 3.28. The Morgan fingerprint density at radius 1 is 1.04 bits per heavy atom. The molecule has 0 saturated carbocycles. The predicted octanol–water partition coefficient (Wildman–Crippen LogP) is 4.87. The van der Waals surface area contributed by atoms with E-state index in [9.17, 15) is 4.79 Å². The number of ketones is 1. The van der Waals surface area contributed by atoms with E-state index >= 15 is 0 Å². The Morgan fingerprint density at radius 3 is 2.65 bits per heavy atom. The maximum atomic E-state index is 12.6. The second kappa shape index (κ2) is 5.67. The third kappa shape index (κ3) is 2.68. The van der Waals surface area contributed by atoms with Gasteiger partial charge in [0.2, 0.25) is 0 Å². The van der Waals surface area contributed by atoms with Gasteiger partial charge in [0, 0.05) is 23.4 Å². The van der Waals surface area contributed by atoms with Crippen LogP contribution >= 0.6 is 11.6 Å². The molecule has 1 aliphatic carbocycles. The molecular weight excluding hydrogens is 308 g/mol. The van der Waals surface area contributed by atoms with Crippen molar-refractivity contribution >= 4 is 35.0 Å². The number of aliphatic imine (C=N–C) groups is 1. The van der Waals surface area contributed by atoms with Crippen LogP contribution in [-0.2, 0) is 4.79 Å². The van der Waals surface area contributed by atoms with Gasteiger partial charge in [0.25, 0.3) is 0 Å². The van der Waals surface area contributed by atoms with Crippen molar-refractivity contribution in [2.24, 2.45) is 4.99 Å². The molecule has 1 atom stereocenters. The quantitative estimate of drug-likeness (QED) is 0.814. The summed E-state index contributed by atoms with van der Waals surface area (Å²) < 4.78 is 0. The lowest BCUT2D eigenvalue weighted by molar-refractivity contribution is -0.115. The Labute approximate surface area is 139 Å². The van der Waals surface area contributed by atoms with Crippen molar-refractivity contribution in [3.63, 3.8) is 0 Å². The molecular formula is C19H15ClN2O. The van der Waals surface area contributed by atoms with Gasteiger partial charge in [-0.15, -0.1) is 0 Å². The topological polar surface area (TPSA) is 41.5 Å². The first kappa shape index (κ1) is 14.2. The average Bonchev–Trinajstić information content (AvgIpc) is 2.74. The van der Waals surface area contributed by atoms with Gasteiger partial charge in [-0.25, -0.2) is 0 Å². The molecule has 2 aromatic rings. The van der Waals surface area contributed by atoms with E-state index in [1.807, 2.05) is 48.5 Å². The number of fused-ring (bicyclic) bond motifs is 1. The fourth-order valence-electron chi connectivity index (χ4n) is 3.16. The van der Waals surface area contributed by atoms with Crippen LogP contribution in [0.2, 0.25) is 5.02 Å². The molecule has 4 rings (SSSR count). The average molecular weight is 323 g/mol. The summed E-state index contributed by atoms with van der Waals surface area (Å²) in [6, 6.07) is 15.6. The SMILES string of the molecule is O=C1CC(c2ccc(Cl)cc2)CC2=C1C=Nc1ccccc1N2. The van der Waals surface area contributed by atoms with Crippen LogP contribution in [0.5, 0.6) is 0 Å². The molecule has 0 fully saturated rings. The van der Waals surface area contributed by atoms with Crippen molar-refractivity contribution in [1.29, 1.82) is 0 Å². The van der Waals surface area contributed by atoms with Crippen molar-refractivity contribution in [1.82, 2.24) is 0 Å². The number of allylic oxidation sites excluding steroid dienone is 2. The second-order valence-corrected chi connectivity index (χ2v) is 6.31. The molecule has 2 aliphatic rings. The third-order valence-electron chi connectivity index (χ3n) is 4.37. The van der Waals surface area contributed by atoms with Gasteiger partial charge in [-0.05, 0) is 42.2 Å². The fraction of sp³-hybridized carbons (Fsp3) is 0.158. The molecule has 0 radical (unpaired) electrons. The first-order valence-corrected chi connectivity index (χ1v) is 8.00. The Morgan fingerprint density at radius 2 is 1.83 bits per heavy atom. The van der Waals surface area contributed by atoms with Crippen LogP contribution in [0.3, 0.4) is 0 Å². The molecule has 114 valence electrons. The zero-order valence-corrected chi connectivity index (χ0v) is 13.2. The second-order valence-electron chi connectivity index (χ2n) is 5.87.